The van der Waals surface area contributed by atoms with Crippen LogP contribution in [0.25, 0.3) is 5.57 Å². The lowest BCUT2D eigenvalue weighted by atomic mass is 9.48. The van der Waals surface area contributed by atoms with Crippen LogP contribution in [0.2, 0.25) is 0 Å². The summed E-state index contributed by atoms with van der Waals surface area (Å²) < 4.78 is 5.87. The summed E-state index contributed by atoms with van der Waals surface area (Å²) in [4.78, 5) is 11.6. The number of amides is 1. The first-order valence-corrected chi connectivity index (χ1v) is 12.4. The van der Waals surface area contributed by atoms with Gasteiger partial charge in [0.1, 0.15) is 5.75 Å². The maximum absolute atomic E-state index is 11.6. The molecule has 5 rings (SSSR count). The van der Waals surface area contributed by atoms with Gasteiger partial charge >= 0.3 is 0 Å². The maximum Gasteiger partial charge on any atom is 0.223 e. The highest BCUT2D eigenvalue weighted by molar-refractivity contribution is 5.77. The van der Waals surface area contributed by atoms with Gasteiger partial charge in [-0.3, -0.25) is 4.79 Å². The van der Waals surface area contributed by atoms with E-state index >= 15 is 0 Å². The molecule has 4 saturated carbocycles. The summed E-state index contributed by atoms with van der Waals surface area (Å²) in [6.07, 6.45) is 17.1. The fourth-order valence-electron chi connectivity index (χ4n) is 6.84. The number of carbonyl (C=O) groups is 1. The molecule has 0 atom stereocenters. The average molecular weight is 434 g/mol. The molecule has 0 unspecified atom stereocenters. The van der Waals surface area contributed by atoms with Crippen molar-refractivity contribution in [3.63, 3.8) is 0 Å². The van der Waals surface area contributed by atoms with Crippen molar-refractivity contribution in [1.29, 1.82) is 0 Å². The van der Waals surface area contributed by atoms with Crippen molar-refractivity contribution in [2.24, 2.45) is 17.8 Å². The van der Waals surface area contributed by atoms with E-state index < -0.39 is 0 Å². The molecule has 1 amide bonds. The Morgan fingerprint density at radius 3 is 2.38 bits per heavy atom. The molecule has 0 spiro atoms. The van der Waals surface area contributed by atoms with Gasteiger partial charge in [0.15, 0.2) is 0 Å². The molecule has 1 N–H and O–H groups in total. The molecule has 4 bridgehead atoms. The highest BCUT2D eigenvalue weighted by Crippen LogP contribution is 2.62. The second kappa shape index (κ2) is 9.68. The van der Waals surface area contributed by atoms with Gasteiger partial charge in [-0.15, -0.1) is 0 Å². The fourth-order valence-corrected chi connectivity index (χ4v) is 6.84. The summed E-state index contributed by atoms with van der Waals surface area (Å²) in [6, 6.07) is 6.80. The van der Waals surface area contributed by atoms with Crippen LogP contribution >= 0.6 is 0 Å². The third-order valence-electron chi connectivity index (χ3n) is 7.95. The normalized spacial score (nSPS) is 29.6. The molecule has 3 nitrogen and oxygen atoms in total. The first-order valence-electron chi connectivity index (χ1n) is 12.4. The van der Waals surface area contributed by atoms with Crippen LogP contribution in [0, 0.1) is 17.8 Å². The first kappa shape index (κ1) is 22.9. The molecule has 0 radical (unpaired) electrons. The molecule has 4 aliphatic carbocycles. The van der Waals surface area contributed by atoms with E-state index in [0.29, 0.717) is 18.4 Å². The molecule has 3 heteroatoms. The average Bonchev–Trinajstić information content (AvgIpc) is 2.76. The maximum atomic E-state index is 11.6. The molecule has 0 saturated heterocycles. The number of benzene rings is 1. The van der Waals surface area contributed by atoms with Gasteiger partial charge in [-0.25, -0.2) is 0 Å². The Kier molecular flexibility index (Phi) is 6.93. The van der Waals surface area contributed by atoms with Gasteiger partial charge in [0.25, 0.3) is 0 Å². The van der Waals surface area contributed by atoms with Crippen molar-refractivity contribution < 1.29 is 9.53 Å². The molecule has 1 aromatic carbocycles. The zero-order valence-electron chi connectivity index (χ0n) is 20.2. The van der Waals surface area contributed by atoms with Crippen LogP contribution < -0.4 is 10.1 Å². The molecule has 4 aliphatic rings. The lowest BCUT2D eigenvalue weighted by Crippen LogP contribution is -2.48. The molecule has 0 aromatic heterocycles. The predicted molar refractivity (Wildman–Crippen MR) is 133 cm³/mol. The summed E-state index contributed by atoms with van der Waals surface area (Å²) in [5.74, 6) is 3.90. The standard InChI is InChI=1S/C29H39NO2/c1-5-30-28(31)12-9-20(2)7-6-8-21(3)25-10-11-27(32-4)26(16-25)29-17-22-13-23(18-29)15-24(14-22)19-29/h6-11,16,22-24H,5,12-15,17-19H2,1-4H3,(H,30,31)/b7-6+,20-9+,21-8+. The van der Waals surface area contributed by atoms with Gasteiger partial charge in [-0.05, 0) is 106 Å². The lowest BCUT2D eigenvalue weighted by molar-refractivity contribution is -0.120. The zero-order chi connectivity index (χ0) is 22.7. The molecular formula is C29H39NO2. The van der Waals surface area contributed by atoms with Gasteiger partial charge in [0, 0.05) is 18.5 Å². The third kappa shape index (κ3) is 4.87. The van der Waals surface area contributed by atoms with E-state index in [1.165, 1.54) is 55.2 Å². The van der Waals surface area contributed by atoms with Crippen molar-refractivity contribution in [3.05, 3.63) is 59.2 Å². The minimum Gasteiger partial charge on any atom is -0.496 e. The second-order valence-electron chi connectivity index (χ2n) is 10.4. The van der Waals surface area contributed by atoms with Crippen LogP contribution in [0.3, 0.4) is 0 Å². The van der Waals surface area contributed by atoms with Crippen molar-refractivity contribution >= 4 is 11.5 Å². The van der Waals surface area contributed by atoms with E-state index in [-0.39, 0.29) is 5.91 Å². The van der Waals surface area contributed by atoms with E-state index in [2.05, 4.69) is 48.7 Å². The summed E-state index contributed by atoms with van der Waals surface area (Å²) in [6.45, 7) is 6.84. The minimum absolute atomic E-state index is 0.0717. The number of hydrogen-bond donors (Lipinski definition) is 1. The smallest absolute Gasteiger partial charge is 0.223 e. The molecule has 32 heavy (non-hydrogen) atoms. The summed E-state index contributed by atoms with van der Waals surface area (Å²) >= 11 is 0. The minimum atomic E-state index is 0.0717. The Labute approximate surface area is 194 Å². The Bertz CT molecular complexity index is 901. The van der Waals surface area contributed by atoms with Crippen molar-refractivity contribution in [1.82, 2.24) is 5.32 Å². The molecule has 1 aromatic rings. The number of rotatable bonds is 8. The summed E-state index contributed by atoms with van der Waals surface area (Å²) in [5.41, 5.74) is 5.41. The van der Waals surface area contributed by atoms with E-state index in [9.17, 15) is 4.79 Å². The Morgan fingerprint density at radius 1 is 1.12 bits per heavy atom. The second-order valence-corrected chi connectivity index (χ2v) is 10.4. The first-order chi connectivity index (χ1) is 15.4. The Balaban J connectivity index is 1.52. The highest BCUT2D eigenvalue weighted by Gasteiger charge is 2.52. The monoisotopic (exact) mass is 433 g/mol. The van der Waals surface area contributed by atoms with Crippen molar-refractivity contribution in [3.8, 4) is 5.75 Å². The summed E-state index contributed by atoms with van der Waals surface area (Å²) in [7, 11) is 1.82. The predicted octanol–water partition coefficient (Wildman–Crippen LogP) is 6.60. The Morgan fingerprint density at radius 2 is 1.78 bits per heavy atom. The number of carbonyl (C=O) groups excluding carboxylic acids is 1. The van der Waals surface area contributed by atoms with E-state index in [1.54, 1.807) is 0 Å². The van der Waals surface area contributed by atoms with E-state index in [0.717, 1.165) is 29.1 Å². The lowest BCUT2D eigenvalue weighted by Gasteiger charge is -2.57. The molecule has 172 valence electrons. The number of nitrogens with one attached hydrogen (secondary N) is 1. The van der Waals surface area contributed by atoms with E-state index in [1.807, 2.05) is 27.0 Å². The van der Waals surface area contributed by atoms with Gasteiger partial charge in [-0.2, -0.15) is 0 Å². The van der Waals surface area contributed by atoms with Crippen LogP contribution in [-0.4, -0.2) is 19.6 Å². The number of allylic oxidation sites excluding steroid dienone is 5. The summed E-state index contributed by atoms with van der Waals surface area (Å²) in [5, 5.41) is 2.83. The number of methoxy groups -OCH3 is 1. The van der Waals surface area contributed by atoms with Gasteiger partial charge in [0.2, 0.25) is 5.91 Å². The quantitative estimate of drug-likeness (QED) is 0.469. The zero-order valence-corrected chi connectivity index (χ0v) is 20.2. The van der Waals surface area contributed by atoms with Crippen LogP contribution in [0.5, 0.6) is 5.75 Å². The van der Waals surface area contributed by atoms with Crippen LogP contribution in [0.1, 0.15) is 76.8 Å². The largest absolute Gasteiger partial charge is 0.496 e. The van der Waals surface area contributed by atoms with Crippen molar-refractivity contribution in [2.75, 3.05) is 13.7 Å². The Hall–Kier alpha value is -2.29. The van der Waals surface area contributed by atoms with Gasteiger partial charge < -0.3 is 10.1 Å². The highest BCUT2D eigenvalue weighted by atomic mass is 16.5. The molecule has 0 heterocycles. The number of hydrogen-bond acceptors (Lipinski definition) is 2. The third-order valence-corrected chi connectivity index (χ3v) is 7.95. The molecular weight excluding hydrogens is 394 g/mol. The van der Waals surface area contributed by atoms with Gasteiger partial charge in [0.05, 0.1) is 7.11 Å². The molecule has 4 fully saturated rings. The van der Waals surface area contributed by atoms with Crippen molar-refractivity contribution in [2.45, 2.75) is 71.1 Å². The fraction of sp³-hybridized carbons (Fsp3) is 0.552. The van der Waals surface area contributed by atoms with Crippen LogP contribution in [0.15, 0.2) is 48.1 Å². The van der Waals surface area contributed by atoms with Gasteiger partial charge in [-0.1, -0.05) is 35.9 Å². The van der Waals surface area contributed by atoms with Crippen LogP contribution in [-0.2, 0) is 10.2 Å². The van der Waals surface area contributed by atoms with E-state index in [4.69, 9.17) is 4.74 Å². The molecule has 0 aliphatic heterocycles. The SMILES string of the molecule is CCNC(=O)C/C=C(C)/C=C/C=C(\C)c1ccc(OC)c(C23CC4CC(CC(C4)C2)C3)c1. The number of ether oxygens (including phenoxy) is 1. The topological polar surface area (TPSA) is 38.3 Å². The van der Waals surface area contributed by atoms with Crippen LogP contribution in [0.4, 0.5) is 0 Å².